The molecule has 3 aromatic rings. The van der Waals surface area contributed by atoms with Gasteiger partial charge in [0.1, 0.15) is 6.54 Å². The number of ether oxygens (including phenoxy) is 2. The van der Waals surface area contributed by atoms with Gasteiger partial charge in [-0.25, -0.2) is 4.68 Å². The van der Waals surface area contributed by atoms with Crippen LogP contribution in [0, 0.1) is 0 Å². The van der Waals surface area contributed by atoms with E-state index in [0.29, 0.717) is 22.9 Å². The van der Waals surface area contributed by atoms with Gasteiger partial charge in [-0.1, -0.05) is 28.1 Å². The van der Waals surface area contributed by atoms with Crippen LogP contribution in [0.2, 0.25) is 0 Å². The minimum Gasteiger partial charge on any atom is -0.493 e. The van der Waals surface area contributed by atoms with Crippen LogP contribution in [0.25, 0.3) is 11.3 Å². The normalized spacial score (nSPS) is 10.4. The predicted octanol–water partition coefficient (Wildman–Crippen LogP) is 3.33. The van der Waals surface area contributed by atoms with E-state index in [4.69, 9.17) is 9.47 Å². The van der Waals surface area contributed by atoms with Crippen LogP contribution in [0.5, 0.6) is 11.5 Å². The molecule has 28 heavy (non-hydrogen) atoms. The fourth-order valence-electron chi connectivity index (χ4n) is 2.59. The number of nitrogens with zero attached hydrogens (tertiary/aromatic N) is 2. The molecule has 0 aliphatic rings. The molecule has 0 spiro atoms. The number of carbonyl (C=O) groups excluding carboxylic acids is 1. The fourth-order valence-corrected chi connectivity index (χ4v) is 2.85. The van der Waals surface area contributed by atoms with Gasteiger partial charge in [-0.2, -0.15) is 5.10 Å². The summed E-state index contributed by atoms with van der Waals surface area (Å²) in [6, 6.07) is 15.6. The minimum absolute atomic E-state index is 0.211. The van der Waals surface area contributed by atoms with Gasteiger partial charge in [0.15, 0.2) is 11.5 Å². The van der Waals surface area contributed by atoms with E-state index in [-0.39, 0.29) is 18.0 Å². The zero-order valence-corrected chi connectivity index (χ0v) is 16.9. The molecular weight excluding hydrogens is 426 g/mol. The molecule has 0 saturated heterocycles. The van der Waals surface area contributed by atoms with E-state index in [2.05, 4.69) is 26.3 Å². The van der Waals surface area contributed by atoms with Crippen molar-refractivity contribution in [1.82, 2.24) is 9.78 Å². The van der Waals surface area contributed by atoms with E-state index in [9.17, 15) is 9.59 Å². The smallest absolute Gasteiger partial charge is 0.267 e. The standard InChI is InChI=1S/C20H18BrN3O4/c1-27-17-9-7-15(11-18(17)28-2)22-19(25)12-24-20(26)10-8-16(23-24)13-3-5-14(21)6-4-13/h3-11H,12H2,1-2H3,(H,22,25). The lowest BCUT2D eigenvalue weighted by atomic mass is 10.1. The van der Waals surface area contributed by atoms with Crippen molar-refractivity contribution < 1.29 is 14.3 Å². The molecule has 0 saturated carbocycles. The average Bonchev–Trinajstić information content (AvgIpc) is 2.70. The third kappa shape index (κ3) is 4.58. The van der Waals surface area contributed by atoms with Crippen LogP contribution in [-0.4, -0.2) is 29.9 Å². The molecule has 1 N–H and O–H groups in total. The molecule has 7 nitrogen and oxygen atoms in total. The molecule has 8 heteroatoms. The van der Waals surface area contributed by atoms with E-state index in [1.807, 2.05) is 24.3 Å². The molecular formula is C20H18BrN3O4. The zero-order valence-electron chi connectivity index (χ0n) is 15.3. The number of amides is 1. The molecule has 1 amide bonds. The SMILES string of the molecule is COc1ccc(NC(=O)Cn2nc(-c3ccc(Br)cc3)ccc2=O)cc1OC. The first-order chi connectivity index (χ1) is 13.5. The Labute approximate surface area is 170 Å². The molecule has 1 heterocycles. The summed E-state index contributed by atoms with van der Waals surface area (Å²) >= 11 is 3.38. The summed E-state index contributed by atoms with van der Waals surface area (Å²) in [5, 5.41) is 7.03. The maximum Gasteiger partial charge on any atom is 0.267 e. The lowest BCUT2D eigenvalue weighted by Gasteiger charge is -2.11. The lowest BCUT2D eigenvalue weighted by Crippen LogP contribution is -2.29. The molecule has 0 radical (unpaired) electrons. The molecule has 0 aliphatic heterocycles. The quantitative estimate of drug-likeness (QED) is 0.631. The van der Waals surface area contributed by atoms with Gasteiger partial charge in [-0.3, -0.25) is 9.59 Å². The van der Waals surface area contributed by atoms with Crippen LogP contribution in [-0.2, 0) is 11.3 Å². The number of hydrogen-bond acceptors (Lipinski definition) is 5. The first kappa shape index (κ1) is 19.6. The van der Waals surface area contributed by atoms with Crippen molar-refractivity contribution in [2.75, 3.05) is 19.5 Å². The van der Waals surface area contributed by atoms with Gasteiger partial charge in [0.05, 0.1) is 19.9 Å². The van der Waals surface area contributed by atoms with E-state index in [1.54, 1.807) is 24.3 Å². The Morgan fingerprint density at radius 2 is 1.75 bits per heavy atom. The summed E-state index contributed by atoms with van der Waals surface area (Å²) in [4.78, 5) is 24.5. The van der Waals surface area contributed by atoms with Gasteiger partial charge >= 0.3 is 0 Å². The van der Waals surface area contributed by atoms with Crippen LogP contribution in [0.4, 0.5) is 5.69 Å². The third-order valence-electron chi connectivity index (χ3n) is 3.97. The molecule has 2 aromatic carbocycles. The number of rotatable bonds is 6. The Balaban J connectivity index is 1.78. The third-order valence-corrected chi connectivity index (χ3v) is 4.50. The Morgan fingerprint density at radius 1 is 1.04 bits per heavy atom. The van der Waals surface area contributed by atoms with Gasteiger partial charge in [-0.15, -0.1) is 0 Å². The van der Waals surface area contributed by atoms with Crippen molar-refractivity contribution in [3.63, 3.8) is 0 Å². The van der Waals surface area contributed by atoms with Crippen molar-refractivity contribution >= 4 is 27.5 Å². The highest BCUT2D eigenvalue weighted by atomic mass is 79.9. The number of methoxy groups -OCH3 is 2. The van der Waals surface area contributed by atoms with E-state index >= 15 is 0 Å². The predicted molar refractivity (Wildman–Crippen MR) is 110 cm³/mol. The van der Waals surface area contributed by atoms with Gasteiger partial charge < -0.3 is 14.8 Å². The second kappa shape index (κ2) is 8.71. The second-order valence-electron chi connectivity index (χ2n) is 5.84. The van der Waals surface area contributed by atoms with E-state index in [0.717, 1.165) is 14.7 Å². The maximum absolute atomic E-state index is 12.4. The molecule has 0 atom stereocenters. The first-order valence-electron chi connectivity index (χ1n) is 8.36. The topological polar surface area (TPSA) is 82.5 Å². The van der Waals surface area contributed by atoms with Crippen LogP contribution < -0.4 is 20.3 Å². The lowest BCUT2D eigenvalue weighted by molar-refractivity contribution is -0.117. The Morgan fingerprint density at radius 3 is 2.43 bits per heavy atom. The number of carbonyl (C=O) groups is 1. The minimum atomic E-state index is -0.380. The zero-order chi connectivity index (χ0) is 20.1. The number of aromatic nitrogens is 2. The number of hydrogen-bond donors (Lipinski definition) is 1. The monoisotopic (exact) mass is 443 g/mol. The summed E-state index contributed by atoms with van der Waals surface area (Å²) in [6.07, 6.45) is 0. The van der Waals surface area contributed by atoms with Gasteiger partial charge in [0, 0.05) is 27.9 Å². The van der Waals surface area contributed by atoms with Crippen LogP contribution in [0.3, 0.4) is 0 Å². The number of benzene rings is 2. The van der Waals surface area contributed by atoms with Gasteiger partial charge in [-0.05, 0) is 30.3 Å². The Kier molecular flexibility index (Phi) is 6.10. The highest BCUT2D eigenvalue weighted by molar-refractivity contribution is 9.10. The molecule has 0 fully saturated rings. The average molecular weight is 444 g/mol. The van der Waals surface area contributed by atoms with Crippen molar-refractivity contribution in [3.05, 3.63) is 69.4 Å². The summed E-state index contributed by atoms with van der Waals surface area (Å²) in [7, 11) is 3.05. The van der Waals surface area contributed by atoms with Gasteiger partial charge in [0.25, 0.3) is 5.56 Å². The summed E-state index contributed by atoms with van der Waals surface area (Å²) in [6.45, 7) is -0.211. The summed E-state index contributed by atoms with van der Waals surface area (Å²) < 4.78 is 12.5. The summed E-state index contributed by atoms with van der Waals surface area (Å²) in [5.41, 5.74) is 1.62. The Hall–Kier alpha value is -3.13. The largest absolute Gasteiger partial charge is 0.493 e. The molecule has 0 unspecified atom stereocenters. The van der Waals surface area contributed by atoms with Crippen molar-refractivity contribution in [1.29, 1.82) is 0 Å². The number of halogens is 1. The maximum atomic E-state index is 12.4. The highest BCUT2D eigenvalue weighted by Crippen LogP contribution is 2.29. The van der Waals surface area contributed by atoms with Crippen LogP contribution >= 0.6 is 15.9 Å². The highest BCUT2D eigenvalue weighted by Gasteiger charge is 2.10. The Bertz CT molecular complexity index is 1050. The van der Waals surface area contributed by atoms with E-state index in [1.165, 1.54) is 20.3 Å². The molecule has 144 valence electrons. The van der Waals surface area contributed by atoms with Crippen molar-refractivity contribution in [3.8, 4) is 22.8 Å². The number of anilines is 1. The molecule has 0 bridgehead atoms. The van der Waals surface area contributed by atoms with Gasteiger partial charge in [0.2, 0.25) is 5.91 Å². The second-order valence-corrected chi connectivity index (χ2v) is 6.75. The molecule has 0 aliphatic carbocycles. The first-order valence-corrected chi connectivity index (χ1v) is 9.15. The molecule has 3 rings (SSSR count). The van der Waals surface area contributed by atoms with Crippen molar-refractivity contribution in [2.45, 2.75) is 6.54 Å². The summed E-state index contributed by atoms with van der Waals surface area (Å²) in [5.74, 6) is 0.670. The number of nitrogens with one attached hydrogen (secondary N) is 1. The fraction of sp³-hybridized carbons (Fsp3) is 0.150. The molecule has 1 aromatic heterocycles. The van der Waals surface area contributed by atoms with E-state index < -0.39 is 0 Å². The van der Waals surface area contributed by atoms with Crippen LogP contribution in [0.1, 0.15) is 0 Å². The van der Waals surface area contributed by atoms with Crippen LogP contribution in [0.15, 0.2) is 63.9 Å². The van der Waals surface area contributed by atoms with Crippen molar-refractivity contribution in [2.24, 2.45) is 0 Å².